The van der Waals surface area contributed by atoms with Gasteiger partial charge in [0.15, 0.2) is 17.3 Å². The summed E-state index contributed by atoms with van der Waals surface area (Å²) >= 11 is 3.46. The molecule has 0 aliphatic carbocycles. The molecule has 0 radical (unpaired) electrons. The Morgan fingerprint density at radius 1 is 1.26 bits per heavy atom. The maximum Gasteiger partial charge on any atom is 0.178 e. The zero-order chi connectivity index (χ0) is 17.6. The van der Waals surface area contributed by atoms with E-state index in [0.717, 1.165) is 4.47 Å². The number of nitriles is 1. The minimum Gasteiger partial charge on any atom is -0.490 e. The molecular weight excluding hydrogens is 358 g/mol. The van der Waals surface area contributed by atoms with Crippen LogP contribution in [0.1, 0.15) is 40.2 Å². The van der Waals surface area contributed by atoms with Gasteiger partial charge in [-0.2, -0.15) is 5.26 Å². The fourth-order valence-corrected chi connectivity index (χ4v) is 2.51. The Bertz CT molecular complexity index is 651. The quantitative estimate of drug-likeness (QED) is 0.527. The zero-order valence-corrected chi connectivity index (χ0v) is 15.8. The molecule has 23 heavy (non-hydrogen) atoms. The summed E-state index contributed by atoms with van der Waals surface area (Å²) in [5, 5.41) is 9.30. The highest BCUT2D eigenvalue weighted by Gasteiger charge is 2.25. The molecule has 0 atom stereocenters. The molecule has 0 saturated carbocycles. The first-order valence-corrected chi connectivity index (χ1v) is 8.29. The molecule has 0 bridgehead atoms. The molecule has 0 aliphatic heterocycles. The Morgan fingerprint density at radius 2 is 1.87 bits per heavy atom. The van der Waals surface area contributed by atoms with Crippen LogP contribution in [0.5, 0.6) is 11.5 Å². The number of benzene rings is 1. The molecule has 4 nitrogen and oxygen atoms in total. The second-order valence-corrected chi connectivity index (χ2v) is 6.80. The number of ether oxygens (including phenoxy) is 2. The Hall–Kier alpha value is -1.80. The van der Waals surface area contributed by atoms with E-state index >= 15 is 0 Å². The molecule has 5 heteroatoms. The Morgan fingerprint density at radius 3 is 2.35 bits per heavy atom. The van der Waals surface area contributed by atoms with Crippen molar-refractivity contribution in [3.8, 4) is 17.6 Å². The van der Waals surface area contributed by atoms with Gasteiger partial charge in [-0.05, 0) is 53.5 Å². The van der Waals surface area contributed by atoms with Crippen LogP contribution in [-0.4, -0.2) is 19.0 Å². The van der Waals surface area contributed by atoms with Gasteiger partial charge < -0.3 is 9.47 Å². The Kier molecular flexibility index (Phi) is 6.83. The molecule has 1 aromatic carbocycles. The molecule has 1 rings (SSSR count). The number of carbonyl (C=O) groups excluding carboxylic acids is 1. The number of allylic oxidation sites excluding steroid dienone is 1. The molecule has 0 fully saturated rings. The molecule has 124 valence electrons. The topological polar surface area (TPSA) is 59.3 Å². The third-order valence-corrected chi connectivity index (χ3v) is 3.57. The lowest BCUT2D eigenvalue weighted by atomic mass is 9.86. The van der Waals surface area contributed by atoms with Crippen LogP contribution in [0.3, 0.4) is 0 Å². The van der Waals surface area contributed by atoms with Crippen LogP contribution in [0.4, 0.5) is 0 Å². The fraction of sp³-hybridized carbons (Fsp3) is 0.444. The molecule has 0 aliphatic rings. The normalized spacial score (nSPS) is 11.8. The third-order valence-electron chi connectivity index (χ3n) is 2.98. The average molecular weight is 380 g/mol. The molecule has 0 saturated heterocycles. The van der Waals surface area contributed by atoms with Crippen LogP contribution in [0.25, 0.3) is 6.08 Å². The first-order chi connectivity index (χ1) is 10.7. The molecule has 0 N–H and O–H groups in total. The average Bonchev–Trinajstić information content (AvgIpc) is 2.47. The lowest BCUT2D eigenvalue weighted by Crippen LogP contribution is -2.21. The SMILES string of the molecule is CCOc1cc(C=C(C#N)C(=O)C(C)(C)C)cc(Br)c1OCC. The third kappa shape index (κ3) is 5.11. The van der Waals surface area contributed by atoms with Crippen molar-refractivity contribution < 1.29 is 14.3 Å². The van der Waals surface area contributed by atoms with E-state index in [2.05, 4.69) is 15.9 Å². The Balaban J connectivity index is 3.35. The van der Waals surface area contributed by atoms with Crippen molar-refractivity contribution in [3.63, 3.8) is 0 Å². The van der Waals surface area contributed by atoms with E-state index in [0.29, 0.717) is 30.3 Å². The van der Waals surface area contributed by atoms with Gasteiger partial charge in [-0.15, -0.1) is 0 Å². The summed E-state index contributed by atoms with van der Waals surface area (Å²) < 4.78 is 11.9. The van der Waals surface area contributed by atoms with Crippen molar-refractivity contribution in [3.05, 3.63) is 27.7 Å². The zero-order valence-electron chi connectivity index (χ0n) is 14.2. The number of rotatable bonds is 6. The lowest BCUT2D eigenvalue weighted by Gasteiger charge is -2.16. The summed E-state index contributed by atoms with van der Waals surface area (Å²) in [6.45, 7) is 10.2. The highest BCUT2D eigenvalue weighted by molar-refractivity contribution is 9.10. The molecule has 0 heterocycles. The number of hydrogen-bond donors (Lipinski definition) is 0. The standard InChI is InChI=1S/C18H22BrNO3/c1-6-22-15-10-12(9-14(19)16(15)23-7-2)8-13(11-20)17(21)18(3,4)5/h8-10H,6-7H2,1-5H3. The molecule has 0 unspecified atom stereocenters. The summed E-state index contributed by atoms with van der Waals surface area (Å²) in [5.74, 6) is 1.01. The Labute approximate surface area is 146 Å². The van der Waals surface area contributed by atoms with Gasteiger partial charge in [0.2, 0.25) is 0 Å². The van der Waals surface area contributed by atoms with Gasteiger partial charge in [0.25, 0.3) is 0 Å². The predicted octanol–water partition coefficient (Wildman–Crippen LogP) is 4.77. The van der Waals surface area contributed by atoms with Crippen molar-refractivity contribution in [2.75, 3.05) is 13.2 Å². The summed E-state index contributed by atoms with van der Waals surface area (Å²) in [4.78, 5) is 12.3. The van der Waals surface area contributed by atoms with Crippen LogP contribution >= 0.6 is 15.9 Å². The van der Waals surface area contributed by atoms with Crippen molar-refractivity contribution in [1.82, 2.24) is 0 Å². The van der Waals surface area contributed by atoms with E-state index in [1.807, 2.05) is 19.9 Å². The van der Waals surface area contributed by atoms with E-state index in [-0.39, 0.29) is 11.4 Å². The smallest absolute Gasteiger partial charge is 0.178 e. The minimum absolute atomic E-state index is 0.121. The number of Topliss-reactive ketones (excluding diaryl/α,β-unsaturated/α-hetero) is 1. The summed E-state index contributed by atoms with van der Waals surface area (Å²) in [5.41, 5.74) is 0.223. The van der Waals surface area contributed by atoms with E-state index < -0.39 is 5.41 Å². The fourth-order valence-electron chi connectivity index (χ4n) is 1.94. The van der Waals surface area contributed by atoms with Gasteiger partial charge in [-0.25, -0.2) is 0 Å². The van der Waals surface area contributed by atoms with Crippen LogP contribution in [0.2, 0.25) is 0 Å². The van der Waals surface area contributed by atoms with Gasteiger partial charge in [0.1, 0.15) is 6.07 Å². The number of carbonyl (C=O) groups is 1. The highest BCUT2D eigenvalue weighted by Crippen LogP contribution is 2.37. The highest BCUT2D eigenvalue weighted by atomic mass is 79.9. The van der Waals surface area contributed by atoms with Crippen LogP contribution in [0, 0.1) is 16.7 Å². The molecule has 1 aromatic rings. The van der Waals surface area contributed by atoms with Gasteiger partial charge in [0.05, 0.1) is 23.3 Å². The largest absolute Gasteiger partial charge is 0.490 e. The first-order valence-electron chi connectivity index (χ1n) is 7.50. The minimum atomic E-state index is -0.604. The number of nitrogens with zero attached hydrogens (tertiary/aromatic N) is 1. The maximum atomic E-state index is 12.3. The molecule has 0 amide bonds. The van der Waals surface area contributed by atoms with Crippen molar-refractivity contribution in [2.24, 2.45) is 5.41 Å². The molecular formula is C18H22BrNO3. The van der Waals surface area contributed by atoms with Gasteiger partial charge in [0, 0.05) is 5.41 Å². The van der Waals surface area contributed by atoms with Crippen molar-refractivity contribution >= 4 is 27.8 Å². The van der Waals surface area contributed by atoms with Crippen LogP contribution < -0.4 is 9.47 Å². The van der Waals surface area contributed by atoms with E-state index in [1.165, 1.54) is 0 Å². The first kappa shape index (κ1) is 19.2. The molecule has 0 aromatic heterocycles. The second kappa shape index (κ2) is 8.16. The second-order valence-electron chi connectivity index (χ2n) is 5.94. The summed E-state index contributed by atoms with van der Waals surface area (Å²) in [7, 11) is 0. The van der Waals surface area contributed by atoms with Gasteiger partial charge in [-0.3, -0.25) is 4.79 Å². The monoisotopic (exact) mass is 379 g/mol. The van der Waals surface area contributed by atoms with Gasteiger partial charge in [-0.1, -0.05) is 20.8 Å². The summed E-state index contributed by atoms with van der Waals surface area (Å²) in [6, 6.07) is 5.57. The van der Waals surface area contributed by atoms with Crippen molar-refractivity contribution in [1.29, 1.82) is 5.26 Å². The summed E-state index contributed by atoms with van der Waals surface area (Å²) in [6.07, 6.45) is 1.58. The van der Waals surface area contributed by atoms with E-state index in [9.17, 15) is 10.1 Å². The van der Waals surface area contributed by atoms with Crippen LogP contribution in [-0.2, 0) is 4.79 Å². The van der Waals surface area contributed by atoms with E-state index in [4.69, 9.17) is 9.47 Å². The maximum absolute atomic E-state index is 12.3. The van der Waals surface area contributed by atoms with Crippen molar-refractivity contribution in [2.45, 2.75) is 34.6 Å². The lowest BCUT2D eigenvalue weighted by molar-refractivity contribution is -0.121. The predicted molar refractivity (Wildman–Crippen MR) is 94.5 cm³/mol. The number of hydrogen-bond acceptors (Lipinski definition) is 4. The van der Waals surface area contributed by atoms with Crippen LogP contribution in [0.15, 0.2) is 22.2 Å². The van der Waals surface area contributed by atoms with Gasteiger partial charge >= 0.3 is 0 Å². The number of halogens is 1. The number of ketones is 1. The van der Waals surface area contributed by atoms with E-state index in [1.54, 1.807) is 39.0 Å². The molecule has 0 spiro atoms.